The molecule has 0 fully saturated rings. The van der Waals surface area contributed by atoms with Crippen LogP contribution in [0.15, 0.2) is 51.0 Å². The summed E-state index contributed by atoms with van der Waals surface area (Å²) in [5, 5.41) is 4.38. The monoisotopic (exact) mass is 419 g/mol. The Morgan fingerprint density at radius 2 is 2.11 bits per heavy atom. The van der Waals surface area contributed by atoms with Crippen molar-refractivity contribution in [2.24, 2.45) is 5.92 Å². The Morgan fingerprint density at radius 3 is 2.79 bits per heavy atom. The van der Waals surface area contributed by atoms with Crippen LogP contribution in [0.1, 0.15) is 26.5 Å². The molecule has 0 aliphatic rings. The van der Waals surface area contributed by atoms with Gasteiger partial charge in [-0.15, -0.1) is 0 Å². The highest BCUT2D eigenvalue weighted by Gasteiger charge is 2.16. The molecule has 1 aromatic carbocycles. The van der Waals surface area contributed by atoms with E-state index < -0.39 is 0 Å². The third kappa shape index (κ3) is 4.77. The van der Waals surface area contributed by atoms with Gasteiger partial charge in [0.2, 0.25) is 5.91 Å². The van der Waals surface area contributed by atoms with Gasteiger partial charge in [-0.3, -0.25) is 14.2 Å². The highest BCUT2D eigenvalue weighted by Crippen LogP contribution is 2.21. The minimum atomic E-state index is -0.198. The van der Waals surface area contributed by atoms with Gasteiger partial charge in [0.1, 0.15) is 5.76 Å². The van der Waals surface area contributed by atoms with Crippen LogP contribution in [0.2, 0.25) is 5.02 Å². The zero-order valence-electron chi connectivity index (χ0n) is 15.9. The van der Waals surface area contributed by atoms with Gasteiger partial charge >= 0.3 is 0 Å². The van der Waals surface area contributed by atoms with Crippen molar-refractivity contribution in [3.05, 3.63) is 57.7 Å². The second kappa shape index (κ2) is 8.84. The molecule has 0 radical (unpaired) electrons. The van der Waals surface area contributed by atoms with Crippen LogP contribution in [0.3, 0.4) is 0 Å². The van der Waals surface area contributed by atoms with Gasteiger partial charge in [0, 0.05) is 11.1 Å². The van der Waals surface area contributed by atoms with Gasteiger partial charge in [-0.1, -0.05) is 37.2 Å². The standard InChI is InChI=1S/C20H22ClN3O3S/c1-12(2)13(3)22-18(25)11-28-20-23-17-9-14(21)6-7-16(17)19(26)24(20)10-15-5-4-8-27-15/h4-9,12-13H,10-11H2,1-3H3,(H,22,25)/t13-/m1/s1. The fraction of sp³-hybridized carbons (Fsp3) is 0.350. The number of nitrogens with one attached hydrogen (secondary N) is 1. The number of hydrogen-bond acceptors (Lipinski definition) is 5. The Hall–Kier alpha value is -2.25. The summed E-state index contributed by atoms with van der Waals surface area (Å²) in [4.78, 5) is 29.9. The van der Waals surface area contributed by atoms with Crippen LogP contribution in [0.5, 0.6) is 0 Å². The van der Waals surface area contributed by atoms with Crippen LogP contribution in [0, 0.1) is 5.92 Å². The summed E-state index contributed by atoms with van der Waals surface area (Å²) in [5.41, 5.74) is 0.308. The van der Waals surface area contributed by atoms with Crippen molar-refractivity contribution in [2.75, 3.05) is 5.75 Å². The lowest BCUT2D eigenvalue weighted by atomic mass is 10.1. The molecule has 0 aliphatic heterocycles. The van der Waals surface area contributed by atoms with E-state index in [1.165, 1.54) is 16.3 Å². The molecule has 148 valence electrons. The van der Waals surface area contributed by atoms with Crippen molar-refractivity contribution in [3.8, 4) is 0 Å². The summed E-state index contributed by atoms with van der Waals surface area (Å²) in [6.07, 6.45) is 1.56. The predicted octanol–water partition coefficient (Wildman–Crippen LogP) is 3.94. The van der Waals surface area contributed by atoms with Gasteiger partial charge in [-0.05, 0) is 43.2 Å². The molecule has 0 aliphatic carbocycles. The molecule has 1 amide bonds. The van der Waals surface area contributed by atoms with E-state index in [4.69, 9.17) is 16.0 Å². The molecule has 1 N–H and O–H groups in total. The zero-order valence-corrected chi connectivity index (χ0v) is 17.5. The van der Waals surface area contributed by atoms with E-state index in [0.29, 0.717) is 32.8 Å². The quantitative estimate of drug-likeness (QED) is 0.463. The van der Waals surface area contributed by atoms with Crippen molar-refractivity contribution < 1.29 is 9.21 Å². The minimum absolute atomic E-state index is 0.0711. The number of thioether (sulfide) groups is 1. The molecule has 0 bridgehead atoms. The number of aromatic nitrogens is 2. The van der Waals surface area contributed by atoms with E-state index >= 15 is 0 Å². The Morgan fingerprint density at radius 1 is 1.32 bits per heavy atom. The van der Waals surface area contributed by atoms with Crippen LogP contribution in [0.25, 0.3) is 10.9 Å². The van der Waals surface area contributed by atoms with Gasteiger partial charge in [0.25, 0.3) is 5.56 Å². The molecule has 3 aromatic rings. The van der Waals surface area contributed by atoms with Gasteiger partial charge in [0.05, 0.1) is 29.5 Å². The van der Waals surface area contributed by atoms with Crippen molar-refractivity contribution in [3.63, 3.8) is 0 Å². The second-order valence-electron chi connectivity index (χ2n) is 6.92. The smallest absolute Gasteiger partial charge is 0.262 e. The average molecular weight is 420 g/mol. The lowest BCUT2D eigenvalue weighted by Gasteiger charge is -2.17. The number of benzene rings is 1. The average Bonchev–Trinajstić information content (AvgIpc) is 3.15. The summed E-state index contributed by atoms with van der Waals surface area (Å²) in [6.45, 7) is 6.31. The van der Waals surface area contributed by atoms with Gasteiger partial charge in [-0.2, -0.15) is 0 Å². The Labute approximate surface area is 172 Å². The van der Waals surface area contributed by atoms with Crippen LogP contribution in [-0.2, 0) is 11.3 Å². The zero-order chi connectivity index (χ0) is 20.3. The first kappa shape index (κ1) is 20.5. The van der Waals surface area contributed by atoms with E-state index in [9.17, 15) is 9.59 Å². The number of furan rings is 1. The molecule has 0 saturated heterocycles. The number of nitrogens with zero attached hydrogens (tertiary/aromatic N) is 2. The van der Waals surface area contributed by atoms with E-state index in [0.717, 1.165) is 0 Å². The normalized spacial score (nSPS) is 12.5. The van der Waals surface area contributed by atoms with Crippen LogP contribution >= 0.6 is 23.4 Å². The fourth-order valence-corrected chi connectivity index (χ4v) is 3.55. The third-order valence-corrected chi connectivity index (χ3v) is 5.71. The van der Waals surface area contributed by atoms with Crippen LogP contribution in [0.4, 0.5) is 0 Å². The molecule has 2 aromatic heterocycles. The number of rotatable bonds is 7. The number of fused-ring (bicyclic) bond motifs is 1. The first-order valence-electron chi connectivity index (χ1n) is 9.00. The number of halogens is 1. The molecule has 0 unspecified atom stereocenters. The molecular formula is C20H22ClN3O3S. The lowest BCUT2D eigenvalue weighted by molar-refractivity contribution is -0.119. The summed E-state index contributed by atoms with van der Waals surface area (Å²) >= 11 is 7.28. The summed E-state index contributed by atoms with van der Waals surface area (Å²) < 4.78 is 6.91. The van der Waals surface area contributed by atoms with Crippen molar-refractivity contribution in [1.29, 1.82) is 0 Å². The number of carbonyl (C=O) groups excluding carboxylic acids is 1. The molecule has 6 nitrogen and oxygen atoms in total. The summed E-state index contributed by atoms with van der Waals surface area (Å²) in [5.74, 6) is 1.04. The largest absolute Gasteiger partial charge is 0.467 e. The van der Waals surface area contributed by atoms with E-state index in [1.807, 2.05) is 20.8 Å². The first-order valence-corrected chi connectivity index (χ1v) is 10.4. The maximum atomic E-state index is 13.0. The van der Waals surface area contributed by atoms with Gasteiger partial charge in [-0.25, -0.2) is 4.98 Å². The molecule has 0 saturated carbocycles. The van der Waals surface area contributed by atoms with E-state index in [2.05, 4.69) is 10.3 Å². The number of hydrogen-bond donors (Lipinski definition) is 1. The predicted molar refractivity (Wildman–Crippen MR) is 112 cm³/mol. The van der Waals surface area contributed by atoms with Gasteiger partial charge in [0.15, 0.2) is 5.16 Å². The molecule has 28 heavy (non-hydrogen) atoms. The SMILES string of the molecule is CC(C)[C@@H](C)NC(=O)CSc1nc2cc(Cl)ccc2c(=O)n1Cc1ccco1. The highest BCUT2D eigenvalue weighted by atomic mass is 35.5. The number of amides is 1. The third-order valence-electron chi connectivity index (χ3n) is 4.50. The van der Waals surface area contributed by atoms with Crippen LogP contribution in [-0.4, -0.2) is 27.3 Å². The van der Waals surface area contributed by atoms with E-state index in [1.54, 1.807) is 36.6 Å². The highest BCUT2D eigenvalue weighted by molar-refractivity contribution is 7.99. The molecule has 0 spiro atoms. The first-order chi connectivity index (χ1) is 13.3. The topological polar surface area (TPSA) is 77.1 Å². The molecule has 2 heterocycles. The van der Waals surface area contributed by atoms with Gasteiger partial charge < -0.3 is 9.73 Å². The molecular weight excluding hydrogens is 398 g/mol. The van der Waals surface area contributed by atoms with E-state index in [-0.39, 0.29) is 29.8 Å². The molecule has 3 rings (SSSR count). The Bertz CT molecular complexity index is 1030. The van der Waals surface area contributed by atoms with Crippen molar-refractivity contribution in [1.82, 2.24) is 14.9 Å². The molecule has 1 atom stereocenters. The van der Waals surface area contributed by atoms with Crippen molar-refractivity contribution >= 4 is 40.2 Å². The van der Waals surface area contributed by atoms with Crippen molar-refractivity contribution in [2.45, 2.75) is 38.5 Å². The maximum absolute atomic E-state index is 13.0. The van der Waals surface area contributed by atoms with Crippen LogP contribution < -0.4 is 10.9 Å². The Balaban J connectivity index is 1.92. The lowest BCUT2D eigenvalue weighted by Crippen LogP contribution is -2.37. The maximum Gasteiger partial charge on any atom is 0.262 e. The molecule has 8 heteroatoms. The second-order valence-corrected chi connectivity index (χ2v) is 8.29. The fourth-order valence-electron chi connectivity index (χ4n) is 2.57. The minimum Gasteiger partial charge on any atom is -0.467 e. The number of carbonyl (C=O) groups is 1. The summed E-state index contributed by atoms with van der Waals surface area (Å²) in [7, 11) is 0. The Kier molecular flexibility index (Phi) is 6.46. The summed E-state index contributed by atoms with van der Waals surface area (Å²) in [6, 6.07) is 8.61.